The van der Waals surface area contributed by atoms with Crippen LogP contribution >= 0.6 is 0 Å². The van der Waals surface area contributed by atoms with Crippen molar-refractivity contribution in [2.75, 3.05) is 20.2 Å². The normalized spacial score (nSPS) is 17.7. The molecule has 2 aliphatic rings. The van der Waals surface area contributed by atoms with Crippen molar-refractivity contribution in [3.05, 3.63) is 59.7 Å². The van der Waals surface area contributed by atoms with Gasteiger partial charge in [-0.1, -0.05) is 30.3 Å². The molecule has 2 aromatic rings. The van der Waals surface area contributed by atoms with Gasteiger partial charge in [0.1, 0.15) is 11.5 Å². The number of ether oxygens (including phenoxy) is 3. The van der Waals surface area contributed by atoms with Crippen molar-refractivity contribution in [1.29, 1.82) is 0 Å². The average Bonchev–Trinajstić information content (AvgIpc) is 2.73. The molecule has 1 N–H and O–H groups in total. The lowest BCUT2D eigenvalue weighted by molar-refractivity contribution is -0.225. The molecule has 1 saturated heterocycles. The van der Waals surface area contributed by atoms with Gasteiger partial charge < -0.3 is 24.4 Å². The molecular formula is C21H24N2O4. The van der Waals surface area contributed by atoms with Gasteiger partial charge in [0.25, 0.3) is 0 Å². The van der Waals surface area contributed by atoms with Gasteiger partial charge in [-0.05, 0) is 23.8 Å². The predicted molar refractivity (Wildman–Crippen MR) is 101 cm³/mol. The van der Waals surface area contributed by atoms with Gasteiger partial charge in [-0.2, -0.15) is 0 Å². The van der Waals surface area contributed by atoms with Gasteiger partial charge in [0.15, 0.2) is 0 Å². The van der Waals surface area contributed by atoms with Gasteiger partial charge in [-0.15, -0.1) is 0 Å². The van der Waals surface area contributed by atoms with Crippen LogP contribution in [0, 0.1) is 0 Å². The molecule has 2 heterocycles. The maximum Gasteiger partial charge on any atom is 0.317 e. The van der Waals surface area contributed by atoms with Gasteiger partial charge in [-0.25, -0.2) is 4.79 Å². The Labute approximate surface area is 159 Å². The van der Waals surface area contributed by atoms with Crippen LogP contribution in [0.3, 0.4) is 0 Å². The van der Waals surface area contributed by atoms with Crippen molar-refractivity contribution >= 4 is 6.03 Å². The van der Waals surface area contributed by atoms with Crippen LogP contribution in [0.2, 0.25) is 0 Å². The number of amides is 2. The minimum atomic E-state index is -0.641. The first kappa shape index (κ1) is 17.7. The first-order valence-electron chi connectivity index (χ1n) is 9.24. The second kappa shape index (κ2) is 7.48. The maximum atomic E-state index is 12.4. The molecule has 0 unspecified atom stereocenters. The summed E-state index contributed by atoms with van der Waals surface area (Å²) in [6.07, 6.45) is 1.30. The molecule has 2 amide bonds. The van der Waals surface area contributed by atoms with Crippen molar-refractivity contribution < 1.29 is 19.0 Å². The molecular weight excluding hydrogens is 344 g/mol. The van der Waals surface area contributed by atoms with Gasteiger partial charge in [0.05, 0.1) is 13.7 Å². The molecule has 2 aromatic carbocycles. The van der Waals surface area contributed by atoms with Crippen LogP contribution in [0.1, 0.15) is 24.0 Å². The Balaban J connectivity index is 1.32. The lowest BCUT2D eigenvalue weighted by Gasteiger charge is -2.43. The van der Waals surface area contributed by atoms with E-state index in [4.69, 9.17) is 14.2 Å². The zero-order valence-corrected chi connectivity index (χ0v) is 15.4. The van der Waals surface area contributed by atoms with Crippen LogP contribution in [0.15, 0.2) is 48.5 Å². The predicted octanol–water partition coefficient (Wildman–Crippen LogP) is 3.31. The Morgan fingerprint density at radius 3 is 2.70 bits per heavy atom. The molecule has 0 saturated carbocycles. The van der Waals surface area contributed by atoms with E-state index in [0.717, 1.165) is 22.6 Å². The summed E-state index contributed by atoms with van der Waals surface area (Å²) in [5.41, 5.74) is 2.08. The lowest BCUT2D eigenvalue weighted by Crippen LogP contribution is -2.54. The third kappa shape index (κ3) is 3.85. The van der Waals surface area contributed by atoms with Gasteiger partial charge in [-0.3, -0.25) is 0 Å². The van der Waals surface area contributed by atoms with E-state index >= 15 is 0 Å². The van der Waals surface area contributed by atoms with Gasteiger partial charge in [0, 0.05) is 38.0 Å². The van der Waals surface area contributed by atoms with Crippen LogP contribution < -0.4 is 14.8 Å². The van der Waals surface area contributed by atoms with E-state index < -0.39 is 5.79 Å². The molecule has 0 aliphatic carbocycles. The largest absolute Gasteiger partial charge is 0.497 e. The standard InChI is InChI=1S/C21H24N2O4/c1-25-18-7-8-19-17(13-18)15-26-21(27-19)9-11-23(12-10-21)20(24)22-14-16-5-3-2-4-6-16/h2-8,13H,9-12,14-15H2,1H3,(H,22,24). The van der Waals surface area contributed by atoms with Gasteiger partial charge >= 0.3 is 6.03 Å². The van der Waals surface area contributed by atoms with Crippen LogP contribution in [-0.2, 0) is 17.9 Å². The smallest absolute Gasteiger partial charge is 0.317 e. The quantitative estimate of drug-likeness (QED) is 0.903. The average molecular weight is 368 g/mol. The Morgan fingerprint density at radius 1 is 1.19 bits per heavy atom. The summed E-state index contributed by atoms with van der Waals surface area (Å²) in [5, 5.41) is 2.98. The topological polar surface area (TPSA) is 60.0 Å². The van der Waals surface area contributed by atoms with Gasteiger partial charge in [0.2, 0.25) is 5.79 Å². The van der Waals surface area contributed by atoms with Crippen molar-refractivity contribution in [3.8, 4) is 11.5 Å². The highest BCUT2D eigenvalue weighted by Gasteiger charge is 2.41. The molecule has 27 heavy (non-hydrogen) atoms. The Kier molecular flexibility index (Phi) is 4.90. The Hall–Kier alpha value is -2.73. The Morgan fingerprint density at radius 2 is 1.96 bits per heavy atom. The number of piperidine rings is 1. The van der Waals surface area contributed by atoms with E-state index in [9.17, 15) is 4.79 Å². The second-order valence-corrected chi connectivity index (χ2v) is 6.91. The fourth-order valence-electron chi connectivity index (χ4n) is 3.52. The third-order valence-corrected chi connectivity index (χ3v) is 5.15. The minimum Gasteiger partial charge on any atom is -0.497 e. The molecule has 1 spiro atoms. The zero-order valence-electron chi connectivity index (χ0n) is 15.4. The number of methoxy groups -OCH3 is 1. The van der Waals surface area contributed by atoms with Crippen LogP contribution in [-0.4, -0.2) is 36.9 Å². The molecule has 0 radical (unpaired) electrons. The highest BCUT2D eigenvalue weighted by molar-refractivity contribution is 5.74. The van der Waals surface area contributed by atoms with E-state index in [2.05, 4.69) is 5.32 Å². The van der Waals surface area contributed by atoms with Crippen molar-refractivity contribution in [2.24, 2.45) is 0 Å². The number of carbonyl (C=O) groups is 1. The molecule has 2 aliphatic heterocycles. The molecule has 142 valence electrons. The third-order valence-electron chi connectivity index (χ3n) is 5.15. The van der Waals surface area contributed by atoms with E-state index in [0.29, 0.717) is 39.1 Å². The summed E-state index contributed by atoms with van der Waals surface area (Å²) in [5.74, 6) is 0.989. The number of hydrogen-bond acceptors (Lipinski definition) is 4. The van der Waals surface area contributed by atoms with E-state index in [1.807, 2.05) is 53.4 Å². The number of hydrogen-bond donors (Lipinski definition) is 1. The number of fused-ring (bicyclic) bond motifs is 1. The summed E-state index contributed by atoms with van der Waals surface area (Å²) < 4.78 is 17.5. The maximum absolute atomic E-state index is 12.4. The highest BCUT2D eigenvalue weighted by Crippen LogP contribution is 2.38. The van der Waals surface area contributed by atoms with E-state index in [1.165, 1.54) is 0 Å². The number of nitrogens with one attached hydrogen (secondary N) is 1. The fourth-order valence-corrected chi connectivity index (χ4v) is 3.52. The number of benzene rings is 2. The zero-order chi connectivity index (χ0) is 18.7. The summed E-state index contributed by atoms with van der Waals surface area (Å²) in [6.45, 7) is 2.23. The van der Waals surface area contributed by atoms with Crippen LogP contribution in [0.4, 0.5) is 4.79 Å². The fraction of sp³-hybridized carbons (Fsp3) is 0.381. The minimum absolute atomic E-state index is 0.0466. The SMILES string of the molecule is COc1ccc2c(c1)COC1(CCN(C(=O)NCc3ccccc3)CC1)O2. The number of nitrogens with zero attached hydrogens (tertiary/aromatic N) is 1. The number of rotatable bonds is 3. The molecule has 6 nitrogen and oxygen atoms in total. The first-order chi connectivity index (χ1) is 13.2. The second-order valence-electron chi connectivity index (χ2n) is 6.91. The lowest BCUT2D eigenvalue weighted by atomic mass is 10.0. The molecule has 0 atom stereocenters. The van der Waals surface area contributed by atoms with Crippen LogP contribution in [0.5, 0.6) is 11.5 Å². The molecule has 6 heteroatoms. The summed E-state index contributed by atoms with van der Waals surface area (Å²) in [6, 6.07) is 15.6. The molecule has 0 aromatic heterocycles. The molecule has 4 rings (SSSR count). The van der Waals surface area contributed by atoms with Crippen molar-refractivity contribution in [2.45, 2.75) is 31.8 Å². The Bertz CT molecular complexity index is 801. The summed E-state index contributed by atoms with van der Waals surface area (Å²) >= 11 is 0. The van der Waals surface area contributed by atoms with Crippen molar-refractivity contribution in [1.82, 2.24) is 10.2 Å². The molecule has 0 bridgehead atoms. The van der Waals surface area contributed by atoms with E-state index in [-0.39, 0.29) is 6.03 Å². The highest BCUT2D eigenvalue weighted by atomic mass is 16.7. The van der Waals surface area contributed by atoms with Crippen molar-refractivity contribution in [3.63, 3.8) is 0 Å². The number of carbonyl (C=O) groups excluding carboxylic acids is 1. The summed E-state index contributed by atoms with van der Waals surface area (Å²) in [7, 11) is 1.65. The molecule has 1 fully saturated rings. The summed E-state index contributed by atoms with van der Waals surface area (Å²) in [4.78, 5) is 14.3. The monoisotopic (exact) mass is 368 g/mol. The number of likely N-dealkylation sites (tertiary alicyclic amines) is 1. The van der Waals surface area contributed by atoms with Crippen LogP contribution in [0.25, 0.3) is 0 Å². The number of urea groups is 1. The first-order valence-corrected chi connectivity index (χ1v) is 9.24. The van der Waals surface area contributed by atoms with E-state index in [1.54, 1.807) is 7.11 Å².